The molecule has 0 bridgehead atoms. The highest BCUT2D eigenvalue weighted by Gasteiger charge is 2.41. The number of carbonyl (C=O) groups is 2. The third kappa shape index (κ3) is 4.19. The maximum absolute atomic E-state index is 14.2. The van der Waals surface area contributed by atoms with E-state index in [0.717, 1.165) is 10.6 Å². The normalized spacial score (nSPS) is 20.1. The fraction of sp³-hybridized carbons (Fsp3) is 0.185. The van der Waals surface area contributed by atoms with E-state index in [1.807, 2.05) is 17.5 Å². The van der Waals surface area contributed by atoms with Crippen LogP contribution in [0.5, 0.6) is 0 Å². The number of amides is 1. The number of rotatable bonds is 4. The molecule has 1 amide bonds. The standard InChI is InChI=1S/C27H22F2N2O2S/c1-15-24(27(33)31-20-9-7-18(28)8-10-20)25(16-4-2-5-19(29)12-16)26-21(30-15)13-17(14-22(26)32)23-6-3-11-34-23/h2-12,17,25,30H,13-14H2,1H3,(H,31,33)/t17-,25+/m1/s1. The molecule has 2 aliphatic rings. The molecule has 1 aliphatic carbocycles. The van der Waals surface area contributed by atoms with E-state index in [1.165, 1.54) is 36.4 Å². The van der Waals surface area contributed by atoms with Crippen LogP contribution in [0.2, 0.25) is 0 Å². The fourth-order valence-electron chi connectivity index (χ4n) is 4.82. The van der Waals surface area contributed by atoms with Crippen LogP contribution >= 0.6 is 11.3 Å². The molecule has 0 saturated heterocycles. The molecule has 0 unspecified atom stereocenters. The molecule has 172 valence electrons. The molecule has 2 atom stereocenters. The lowest BCUT2D eigenvalue weighted by Crippen LogP contribution is -2.37. The minimum atomic E-state index is -0.704. The van der Waals surface area contributed by atoms with Crippen molar-refractivity contribution >= 4 is 28.7 Å². The van der Waals surface area contributed by atoms with E-state index in [9.17, 15) is 18.4 Å². The molecule has 5 rings (SSSR count). The van der Waals surface area contributed by atoms with Gasteiger partial charge in [0.2, 0.25) is 0 Å². The number of hydrogen-bond donors (Lipinski definition) is 2. The Morgan fingerprint density at radius 1 is 1.03 bits per heavy atom. The van der Waals surface area contributed by atoms with Crippen LogP contribution in [0, 0.1) is 11.6 Å². The van der Waals surface area contributed by atoms with Crippen LogP contribution in [-0.4, -0.2) is 11.7 Å². The van der Waals surface area contributed by atoms with Gasteiger partial charge in [0.15, 0.2) is 5.78 Å². The van der Waals surface area contributed by atoms with Gasteiger partial charge in [-0.3, -0.25) is 9.59 Å². The smallest absolute Gasteiger partial charge is 0.254 e. The number of Topliss-reactive ketones (excluding diaryl/α,β-unsaturated/α-hetero) is 1. The molecule has 34 heavy (non-hydrogen) atoms. The van der Waals surface area contributed by atoms with Gasteiger partial charge in [0.05, 0.1) is 0 Å². The first-order valence-electron chi connectivity index (χ1n) is 11.0. The second-order valence-corrected chi connectivity index (χ2v) is 9.53. The van der Waals surface area contributed by atoms with Gasteiger partial charge in [-0.15, -0.1) is 11.3 Å². The lowest BCUT2D eigenvalue weighted by Gasteiger charge is -2.36. The summed E-state index contributed by atoms with van der Waals surface area (Å²) in [7, 11) is 0. The molecule has 2 aromatic carbocycles. The Labute approximate surface area is 200 Å². The quantitative estimate of drug-likeness (QED) is 0.484. The summed E-state index contributed by atoms with van der Waals surface area (Å²) in [4.78, 5) is 28.1. The molecule has 1 aliphatic heterocycles. The van der Waals surface area contributed by atoms with Crippen molar-refractivity contribution < 1.29 is 18.4 Å². The number of benzene rings is 2. The Morgan fingerprint density at radius 3 is 2.53 bits per heavy atom. The summed E-state index contributed by atoms with van der Waals surface area (Å²) >= 11 is 1.62. The van der Waals surface area contributed by atoms with Crippen LogP contribution in [0.25, 0.3) is 0 Å². The van der Waals surface area contributed by atoms with Gasteiger partial charge in [0.1, 0.15) is 11.6 Å². The zero-order valence-corrected chi connectivity index (χ0v) is 19.2. The lowest BCUT2D eigenvalue weighted by molar-refractivity contribution is -0.116. The number of ketones is 1. The van der Waals surface area contributed by atoms with E-state index >= 15 is 0 Å². The first-order valence-corrected chi connectivity index (χ1v) is 11.9. The first-order chi connectivity index (χ1) is 16.4. The summed E-state index contributed by atoms with van der Waals surface area (Å²) in [6.45, 7) is 1.79. The molecule has 2 N–H and O–H groups in total. The van der Waals surface area contributed by atoms with E-state index in [2.05, 4.69) is 10.6 Å². The highest BCUT2D eigenvalue weighted by molar-refractivity contribution is 7.10. The maximum Gasteiger partial charge on any atom is 0.254 e. The van der Waals surface area contributed by atoms with Crippen molar-refractivity contribution in [2.75, 3.05) is 5.32 Å². The van der Waals surface area contributed by atoms with Crippen molar-refractivity contribution in [3.05, 3.63) is 111 Å². The summed E-state index contributed by atoms with van der Waals surface area (Å²) in [6.07, 6.45) is 0.969. The number of dihydropyridines is 1. The van der Waals surface area contributed by atoms with Gasteiger partial charge in [-0.05, 0) is 66.8 Å². The number of hydrogen-bond acceptors (Lipinski definition) is 4. The molecule has 3 aromatic rings. The molecule has 2 heterocycles. The summed E-state index contributed by atoms with van der Waals surface area (Å²) in [5.41, 5.74) is 3.20. The number of thiophene rings is 1. The zero-order chi connectivity index (χ0) is 23.8. The van der Waals surface area contributed by atoms with Gasteiger partial charge in [-0.25, -0.2) is 8.78 Å². The minimum Gasteiger partial charge on any atom is -0.362 e. The molecule has 7 heteroatoms. The highest BCUT2D eigenvalue weighted by Crippen LogP contribution is 2.46. The van der Waals surface area contributed by atoms with Crippen molar-refractivity contribution in [1.29, 1.82) is 0 Å². The molecule has 0 radical (unpaired) electrons. The van der Waals surface area contributed by atoms with E-state index in [1.54, 1.807) is 30.4 Å². The summed E-state index contributed by atoms with van der Waals surface area (Å²) < 4.78 is 27.5. The maximum atomic E-state index is 14.2. The molecule has 0 fully saturated rings. The molecule has 1 aromatic heterocycles. The molecular weight excluding hydrogens is 454 g/mol. The van der Waals surface area contributed by atoms with Gasteiger partial charge < -0.3 is 10.6 Å². The average molecular weight is 477 g/mol. The van der Waals surface area contributed by atoms with Crippen LogP contribution in [0.1, 0.15) is 42.0 Å². The van der Waals surface area contributed by atoms with E-state index in [0.29, 0.717) is 40.9 Å². The first kappa shape index (κ1) is 22.2. The van der Waals surface area contributed by atoms with Crippen LogP contribution in [0.4, 0.5) is 14.5 Å². The third-order valence-corrected chi connectivity index (χ3v) is 7.34. The fourth-order valence-corrected chi connectivity index (χ4v) is 5.65. The van der Waals surface area contributed by atoms with Gasteiger partial charge >= 0.3 is 0 Å². The molecular formula is C27H22F2N2O2S. The van der Waals surface area contributed by atoms with E-state index in [4.69, 9.17) is 0 Å². The number of allylic oxidation sites excluding steroid dienone is 3. The molecule has 0 saturated carbocycles. The van der Waals surface area contributed by atoms with Crippen molar-refractivity contribution in [3.8, 4) is 0 Å². The van der Waals surface area contributed by atoms with Crippen LogP contribution in [0.15, 0.2) is 88.6 Å². The Bertz CT molecular complexity index is 1330. The van der Waals surface area contributed by atoms with Crippen LogP contribution in [0.3, 0.4) is 0 Å². The second-order valence-electron chi connectivity index (χ2n) is 8.55. The number of nitrogens with one attached hydrogen (secondary N) is 2. The minimum absolute atomic E-state index is 0.0546. The molecule has 0 spiro atoms. The summed E-state index contributed by atoms with van der Waals surface area (Å²) in [5.74, 6) is -1.97. The third-order valence-electron chi connectivity index (χ3n) is 6.30. The van der Waals surface area contributed by atoms with Crippen molar-refractivity contribution in [2.45, 2.75) is 31.6 Å². The Hall–Kier alpha value is -3.58. The van der Waals surface area contributed by atoms with Crippen molar-refractivity contribution in [3.63, 3.8) is 0 Å². The monoisotopic (exact) mass is 476 g/mol. The summed E-state index contributed by atoms with van der Waals surface area (Å²) in [5, 5.41) is 8.10. The van der Waals surface area contributed by atoms with E-state index in [-0.39, 0.29) is 11.7 Å². The summed E-state index contributed by atoms with van der Waals surface area (Å²) in [6, 6.07) is 15.5. The molecule has 4 nitrogen and oxygen atoms in total. The van der Waals surface area contributed by atoms with E-state index < -0.39 is 23.5 Å². The average Bonchev–Trinajstić information content (AvgIpc) is 3.34. The Balaban J connectivity index is 1.56. The van der Waals surface area contributed by atoms with Gasteiger partial charge in [0.25, 0.3) is 5.91 Å². The van der Waals surface area contributed by atoms with Crippen LogP contribution < -0.4 is 10.6 Å². The number of halogens is 2. The van der Waals surface area contributed by atoms with Crippen molar-refractivity contribution in [2.24, 2.45) is 0 Å². The number of anilines is 1. The van der Waals surface area contributed by atoms with Crippen LogP contribution in [-0.2, 0) is 9.59 Å². The van der Waals surface area contributed by atoms with Gasteiger partial charge in [-0.1, -0.05) is 18.2 Å². The number of carbonyl (C=O) groups excluding carboxylic acids is 2. The lowest BCUT2D eigenvalue weighted by atomic mass is 9.72. The van der Waals surface area contributed by atoms with Crippen molar-refractivity contribution in [1.82, 2.24) is 5.32 Å². The second kappa shape index (κ2) is 8.99. The predicted octanol–water partition coefficient (Wildman–Crippen LogP) is 6.03. The highest BCUT2D eigenvalue weighted by atomic mass is 32.1. The Morgan fingerprint density at radius 2 is 1.82 bits per heavy atom. The Kier molecular flexibility index (Phi) is 5.87. The SMILES string of the molecule is CC1=C(C(=O)Nc2ccc(F)cc2)[C@H](c2cccc(F)c2)C2=C(C[C@@H](c3cccs3)CC2=O)N1. The van der Waals surface area contributed by atoms with Gasteiger partial charge in [-0.2, -0.15) is 0 Å². The largest absolute Gasteiger partial charge is 0.362 e. The zero-order valence-electron chi connectivity index (χ0n) is 18.4. The predicted molar refractivity (Wildman–Crippen MR) is 128 cm³/mol. The van der Waals surface area contributed by atoms with Gasteiger partial charge in [0, 0.05) is 51.4 Å². The topological polar surface area (TPSA) is 58.2 Å².